The highest BCUT2D eigenvalue weighted by Crippen LogP contribution is 2.30. The highest BCUT2D eigenvalue weighted by molar-refractivity contribution is 5.44. The molecular weight excluding hydrogens is 528 g/mol. The fraction of sp³-hybridized carbons (Fsp3) is 0.273. The first-order valence-corrected chi connectivity index (χ1v) is 14.0. The van der Waals surface area contributed by atoms with E-state index >= 15 is 0 Å². The molecule has 0 saturated heterocycles. The van der Waals surface area contributed by atoms with Gasteiger partial charge >= 0.3 is 0 Å². The van der Waals surface area contributed by atoms with E-state index in [4.69, 9.17) is 0 Å². The summed E-state index contributed by atoms with van der Waals surface area (Å²) < 4.78 is 3.96. The van der Waals surface area contributed by atoms with Crippen molar-refractivity contribution in [2.24, 2.45) is 14.1 Å². The minimum atomic E-state index is 0.241. The number of hydrogen-bond donors (Lipinski definition) is 3. The van der Waals surface area contributed by atoms with Crippen LogP contribution in [0, 0.1) is 6.92 Å². The molecule has 0 atom stereocenters. The summed E-state index contributed by atoms with van der Waals surface area (Å²) in [5.41, 5.74) is 4.26. The van der Waals surface area contributed by atoms with Crippen LogP contribution in [0.25, 0.3) is 0 Å². The number of rotatable bonds is 12. The molecule has 0 spiro atoms. The van der Waals surface area contributed by atoms with E-state index < -0.39 is 0 Å². The van der Waals surface area contributed by atoms with Crippen molar-refractivity contribution in [1.82, 2.24) is 28.9 Å². The van der Waals surface area contributed by atoms with Crippen LogP contribution in [0.4, 0.5) is 0 Å². The molecule has 0 radical (unpaired) electrons. The lowest BCUT2D eigenvalue weighted by Crippen LogP contribution is -2.25. The fourth-order valence-electron chi connectivity index (χ4n) is 5.26. The zero-order valence-corrected chi connectivity index (χ0v) is 24.4. The van der Waals surface area contributed by atoms with Crippen molar-refractivity contribution in [1.29, 1.82) is 0 Å². The number of phenols is 3. The molecule has 0 aliphatic carbocycles. The fourth-order valence-corrected chi connectivity index (χ4v) is 5.26. The van der Waals surface area contributed by atoms with Crippen LogP contribution in [-0.4, -0.2) is 44.2 Å². The molecule has 9 heteroatoms. The summed E-state index contributed by atoms with van der Waals surface area (Å²) in [5, 5.41) is 32.6. The summed E-state index contributed by atoms with van der Waals surface area (Å²) >= 11 is 0. The highest BCUT2D eigenvalue weighted by atomic mass is 16.3. The summed E-state index contributed by atoms with van der Waals surface area (Å²) in [6.45, 7) is 5.01. The molecule has 0 fully saturated rings. The largest absolute Gasteiger partial charge is 0.508 e. The summed E-state index contributed by atoms with van der Waals surface area (Å²) in [7, 11) is 3.92. The second kappa shape index (κ2) is 12.9. The van der Waals surface area contributed by atoms with Crippen molar-refractivity contribution in [3.8, 4) is 17.2 Å². The quantitative estimate of drug-likeness (QED) is 0.196. The molecule has 3 N–H and O–H groups in total. The zero-order valence-electron chi connectivity index (χ0n) is 24.4. The smallest absolute Gasteiger partial charge is 0.124 e. The lowest BCUT2D eigenvalue weighted by atomic mass is 10.0. The number of imidazole rings is 2. The molecule has 0 aliphatic rings. The Bertz CT molecular complexity index is 1530. The van der Waals surface area contributed by atoms with Crippen LogP contribution in [0.3, 0.4) is 0 Å². The number of aryl methyl sites for hydroxylation is 3. The van der Waals surface area contributed by atoms with E-state index in [-0.39, 0.29) is 17.2 Å². The maximum absolute atomic E-state index is 11.6. The van der Waals surface area contributed by atoms with Crippen molar-refractivity contribution < 1.29 is 15.3 Å². The van der Waals surface area contributed by atoms with Gasteiger partial charge in [0.25, 0.3) is 0 Å². The number of benzene rings is 3. The van der Waals surface area contributed by atoms with Gasteiger partial charge in [0.2, 0.25) is 0 Å². The Labute approximate surface area is 246 Å². The zero-order chi connectivity index (χ0) is 29.6. The molecule has 0 bridgehead atoms. The maximum atomic E-state index is 11.6. The van der Waals surface area contributed by atoms with Crippen LogP contribution >= 0.6 is 0 Å². The molecule has 42 heavy (non-hydrogen) atoms. The molecule has 218 valence electrons. The second-order valence-electron chi connectivity index (χ2n) is 10.9. The Hall–Kier alpha value is -4.60. The van der Waals surface area contributed by atoms with E-state index in [2.05, 4.69) is 19.8 Å². The van der Waals surface area contributed by atoms with Crippen molar-refractivity contribution >= 4 is 0 Å². The van der Waals surface area contributed by atoms with Crippen molar-refractivity contribution in [2.45, 2.75) is 46.2 Å². The van der Waals surface area contributed by atoms with E-state index in [1.807, 2.05) is 91.1 Å². The Morgan fingerprint density at radius 2 is 1.00 bits per heavy atom. The highest BCUT2D eigenvalue weighted by Gasteiger charge is 2.20. The molecule has 0 amide bonds. The molecule has 2 aromatic heterocycles. The van der Waals surface area contributed by atoms with Crippen LogP contribution in [-0.2, 0) is 53.4 Å². The van der Waals surface area contributed by atoms with Crippen molar-refractivity contribution in [3.63, 3.8) is 0 Å². The molecule has 5 rings (SSSR count). The SMILES string of the molecule is Cc1cc(CN(Cc2ccccc2O)Cc2nccn2C)c(O)c(CN(Cc2ccccc2O)Cc2nccn2C)c1. The van der Waals surface area contributed by atoms with E-state index in [0.717, 1.165) is 39.5 Å². The van der Waals surface area contributed by atoms with Gasteiger partial charge in [-0.05, 0) is 19.1 Å². The summed E-state index contributed by atoms with van der Waals surface area (Å²) in [6.07, 6.45) is 7.37. The molecule has 0 unspecified atom stereocenters. The first-order chi connectivity index (χ1) is 20.3. The third-order valence-electron chi connectivity index (χ3n) is 7.54. The number of hydrogen-bond acceptors (Lipinski definition) is 7. The molecule has 5 aromatic rings. The van der Waals surface area contributed by atoms with E-state index in [1.165, 1.54) is 0 Å². The number of aromatic hydroxyl groups is 3. The Balaban J connectivity index is 1.44. The Morgan fingerprint density at radius 3 is 1.38 bits per heavy atom. The van der Waals surface area contributed by atoms with Gasteiger partial charge < -0.3 is 24.5 Å². The average Bonchev–Trinajstić information content (AvgIpc) is 3.56. The van der Waals surface area contributed by atoms with Gasteiger partial charge in [0.1, 0.15) is 28.9 Å². The van der Waals surface area contributed by atoms with Crippen LogP contribution < -0.4 is 0 Å². The van der Waals surface area contributed by atoms with Crippen LogP contribution in [0.5, 0.6) is 17.2 Å². The van der Waals surface area contributed by atoms with Gasteiger partial charge in [-0.25, -0.2) is 9.97 Å². The third-order valence-corrected chi connectivity index (χ3v) is 7.54. The minimum Gasteiger partial charge on any atom is -0.508 e. The number of para-hydroxylation sites is 2. The molecule has 9 nitrogen and oxygen atoms in total. The predicted molar refractivity (Wildman–Crippen MR) is 161 cm³/mol. The Morgan fingerprint density at radius 1 is 0.595 bits per heavy atom. The standard InChI is InChI=1S/C33H38N6O3/c1-24-16-27(20-38(22-31-34-12-14-36(31)2)18-25-8-4-6-10-29(25)40)33(42)28(17-24)21-39(23-32-35-13-15-37(32)3)19-26-9-5-7-11-30(26)41/h4-17,40-42H,18-23H2,1-3H3. The van der Waals surface area contributed by atoms with Gasteiger partial charge in [-0.3, -0.25) is 9.80 Å². The van der Waals surface area contributed by atoms with Gasteiger partial charge in [0.15, 0.2) is 0 Å². The maximum Gasteiger partial charge on any atom is 0.124 e. The molecular formula is C33H38N6O3. The topological polar surface area (TPSA) is 103 Å². The van der Waals surface area contributed by atoms with E-state index in [9.17, 15) is 15.3 Å². The molecule has 0 saturated carbocycles. The lowest BCUT2D eigenvalue weighted by Gasteiger charge is -2.26. The normalized spacial score (nSPS) is 11.5. The molecule has 2 heterocycles. The van der Waals surface area contributed by atoms with Gasteiger partial charge in [-0.15, -0.1) is 0 Å². The minimum absolute atomic E-state index is 0.241. The molecule has 3 aromatic carbocycles. The predicted octanol–water partition coefficient (Wildman–Crippen LogP) is 4.98. The summed E-state index contributed by atoms with van der Waals surface area (Å²) in [4.78, 5) is 13.4. The van der Waals surface area contributed by atoms with Crippen molar-refractivity contribution in [3.05, 3.63) is 125 Å². The monoisotopic (exact) mass is 566 g/mol. The third kappa shape index (κ3) is 6.99. The number of phenolic OH excluding ortho intramolecular Hbond substituents is 3. The average molecular weight is 567 g/mol. The van der Waals surface area contributed by atoms with Crippen LogP contribution in [0.15, 0.2) is 85.5 Å². The first kappa shape index (κ1) is 28.9. The van der Waals surface area contributed by atoms with Crippen molar-refractivity contribution in [2.75, 3.05) is 0 Å². The summed E-state index contributed by atoms with van der Waals surface area (Å²) in [6, 6.07) is 18.7. The summed E-state index contributed by atoms with van der Waals surface area (Å²) in [5.74, 6) is 2.50. The number of aromatic nitrogens is 4. The van der Waals surface area contributed by atoms with Gasteiger partial charge in [-0.2, -0.15) is 0 Å². The number of nitrogens with zero attached hydrogens (tertiary/aromatic N) is 6. The van der Waals surface area contributed by atoms with E-state index in [1.54, 1.807) is 24.5 Å². The Kier molecular flexibility index (Phi) is 8.90. The molecule has 0 aliphatic heterocycles. The van der Waals surface area contributed by atoms with Gasteiger partial charge in [0.05, 0.1) is 13.1 Å². The van der Waals surface area contributed by atoms with Crippen LogP contribution in [0.1, 0.15) is 39.5 Å². The van der Waals surface area contributed by atoms with Gasteiger partial charge in [-0.1, -0.05) is 54.1 Å². The first-order valence-electron chi connectivity index (χ1n) is 14.0. The second-order valence-corrected chi connectivity index (χ2v) is 10.9. The van der Waals surface area contributed by atoms with E-state index in [0.29, 0.717) is 39.3 Å². The lowest BCUT2D eigenvalue weighted by molar-refractivity contribution is 0.226. The van der Waals surface area contributed by atoms with Crippen LogP contribution in [0.2, 0.25) is 0 Å². The van der Waals surface area contributed by atoms with Gasteiger partial charge in [0, 0.05) is 87.3 Å².